The normalized spacial score (nSPS) is 12.7. The Balaban J connectivity index is 4.06. The molecule has 0 N–H and O–H groups in total. The van der Waals surface area contributed by atoms with Crippen molar-refractivity contribution in [2.75, 3.05) is 47.5 Å². The maximum Gasteiger partial charge on any atom is 0.306 e. The molecular weight excluding hydrogens is 983 g/mol. The van der Waals surface area contributed by atoms with Crippen LogP contribution in [-0.2, 0) is 33.3 Å². The summed E-state index contributed by atoms with van der Waals surface area (Å²) in [5, 5.41) is 11.8. The maximum absolute atomic E-state index is 12.9. The first-order valence-corrected chi connectivity index (χ1v) is 34.8. The molecule has 0 aromatic carbocycles. The molecule has 0 aliphatic carbocycles. The van der Waals surface area contributed by atoms with Gasteiger partial charge in [0.05, 0.1) is 40.3 Å². The van der Waals surface area contributed by atoms with E-state index in [0.29, 0.717) is 17.4 Å². The number of hydrogen-bond donors (Lipinski definition) is 0. The third-order valence-electron chi connectivity index (χ3n) is 16.0. The lowest BCUT2D eigenvalue weighted by atomic mass is 10.0. The van der Waals surface area contributed by atoms with Gasteiger partial charge in [-0.1, -0.05) is 321 Å². The van der Waals surface area contributed by atoms with E-state index in [0.717, 1.165) is 38.5 Å². The molecule has 0 saturated heterocycles. The number of ether oxygens (including phenoxy) is 4. The molecular formula is C70H135NO8. The van der Waals surface area contributed by atoms with Gasteiger partial charge in [-0.05, 0) is 38.5 Å². The molecule has 0 spiro atoms. The minimum absolute atomic E-state index is 0.152. The molecule has 0 heterocycles. The maximum atomic E-state index is 12.9. The average molecular weight is 1120 g/mol. The Bertz CT molecular complexity index is 1300. The highest BCUT2D eigenvalue weighted by Crippen LogP contribution is 2.19. The van der Waals surface area contributed by atoms with Crippen molar-refractivity contribution in [2.45, 2.75) is 373 Å². The fraction of sp³-hybridized carbons (Fsp3) is 0.929. The second kappa shape index (κ2) is 62.1. The van der Waals surface area contributed by atoms with E-state index < -0.39 is 24.3 Å². The monoisotopic (exact) mass is 1120 g/mol. The van der Waals surface area contributed by atoms with Gasteiger partial charge >= 0.3 is 11.9 Å². The van der Waals surface area contributed by atoms with Gasteiger partial charge in [-0.15, -0.1) is 0 Å². The van der Waals surface area contributed by atoms with Crippen molar-refractivity contribution in [3.8, 4) is 0 Å². The van der Waals surface area contributed by atoms with E-state index in [1.54, 1.807) is 0 Å². The number of carboxylic acid groups (broad SMARTS) is 1. The van der Waals surface area contributed by atoms with Crippen molar-refractivity contribution in [1.82, 2.24) is 0 Å². The summed E-state index contributed by atoms with van der Waals surface area (Å²) >= 11 is 0. The van der Waals surface area contributed by atoms with E-state index in [2.05, 4.69) is 26.0 Å². The molecule has 2 unspecified atom stereocenters. The molecule has 0 saturated carbocycles. The van der Waals surface area contributed by atoms with Crippen LogP contribution in [0.15, 0.2) is 12.2 Å². The zero-order valence-electron chi connectivity index (χ0n) is 53.5. The molecule has 0 aromatic heterocycles. The van der Waals surface area contributed by atoms with Gasteiger partial charge in [0, 0.05) is 12.8 Å². The second-order valence-corrected chi connectivity index (χ2v) is 25.2. The molecule has 0 aliphatic rings. The van der Waals surface area contributed by atoms with Crippen molar-refractivity contribution in [2.24, 2.45) is 0 Å². The van der Waals surface area contributed by atoms with Crippen molar-refractivity contribution < 1.29 is 42.9 Å². The first-order chi connectivity index (χ1) is 38.6. The number of hydrogen-bond acceptors (Lipinski definition) is 8. The van der Waals surface area contributed by atoms with Crippen LogP contribution in [0.3, 0.4) is 0 Å². The number of allylic oxidation sites excluding steroid dienone is 2. The summed E-state index contributed by atoms with van der Waals surface area (Å²) in [6.45, 7) is 4.83. The van der Waals surface area contributed by atoms with Crippen LogP contribution in [0.2, 0.25) is 0 Å². The summed E-state index contributed by atoms with van der Waals surface area (Å²) in [7, 11) is 5.95. The fourth-order valence-corrected chi connectivity index (χ4v) is 10.7. The molecule has 9 nitrogen and oxygen atoms in total. The number of quaternary nitrogens is 1. The number of rotatable bonds is 66. The number of nitrogens with zero attached hydrogens (tertiary/aromatic N) is 1. The van der Waals surface area contributed by atoms with Gasteiger partial charge in [-0.3, -0.25) is 9.59 Å². The van der Waals surface area contributed by atoms with E-state index >= 15 is 0 Å². The summed E-state index contributed by atoms with van der Waals surface area (Å²) in [6, 6.07) is 0. The Hall–Kier alpha value is -1.97. The van der Waals surface area contributed by atoms with Crippen LogP contribution in [0.25, 0.3) is 0 Å². The lowest BCUT2D eigenvalue weighted by molar-refractivity contribution is -0.870. The molecule has 0 rings (SSSR count). The highest BCUT2D eigenvalue weighted by molar-refractivity contribution is 5.70. The summed E-state index contributed by atoms with van der Waals surface area (Å²) < 4.78 is 22.8. The lowest BCUT2D eigenvalue weighted by Crippen LogP contribution is -2.44. The van der Waals surface area contributed by atoms with Gasteiger partial charge in [-0.2, -0.15) is 0 Å². The molecule has 0 aromatic rings. The SMILES string of the molecule is CCCCCCCCCC/C=C\CCCCCCCCCCCCCCCC(=O)OC(COC(=O)CCCCCCCCCCCCCCCCCCCCCCCCCCCCCCC)COC(OCC[N+](C)(C)C)C(=O)[O-]. The number of unbranched alkanes of at least 4 members (excludes halogenated alkanes) is 49. The number of carboxylic acids is 1. The molecule has 0 radical (unpaired) electrons. The quantitative estimate of drug-likeness (QED) is 0.0195. The van der Waals surface area contributed by atoms with Gasteiger partial charge in [0.2, 0.25) is 0 Å². The minimum atomic E-state index is -1.62. The zero-order valence-corrected chi connectivity index (χ0v) is 53.5. The average Bonchev–Trinajstić information content (AvgIpc) is 3.42. The molecule has 9 heteroatoms. The van der Waals surface area contributed by atoms with Crippen LogP contribution in [0, 0.1) is 0 Å². The predicted octanol–water partition coefficient (Wildman–Crippen LogP) is 19.9. The van der Waals surface area contributed by atoms with Crippen LogP contribution in [0.1, 0.15) is 361 Å². The Labute approximate surface area is 491 Å². The van der Waals surface area contributed by atoms with Crippen LogP contribution in [0.5, 0.6) is 0 Å². The molecule has 79 heavy (non-hydrogen) atoms. The number of carbonyl (C=O) groups excluding carboxylic acids is 3. The standard InChI is InChI=1S/C70H135NO8/c1-6-8-10-12-14-16-18-20-22-24-26-28-30-32-33-34-35-37-38-40-42-44-46-48-50-52-54-56-58-60-67(72)77-64-66(65-78-70(69(74)75)76-63-62-71(3,4)5)79-68(73)61-59-57-55-53-51-49-47-45-43-41-39-36-31-29-27-25-23-21-19-17-15-13-11-9-7-2/h25,27,66,70H,6-24,26,28-65H2,1-5H3/b27-25-. The molecule has 0 aliphatic heterocycles. The van der Waals surface area contributed by atoms with E-state index in [9.17, 15) is 19.5 Å². The first kappa shape index (κ1) is 77.0. The number of esters is 2. The number of likely N-dealkylation sites (N-methyl/N-ethyl adjacent to an activating group) is 1. The van der Waals surface area contributed by atoms with Crippen LogP contribution in [0.4, 0.5) is 0 Å². The van der Waals surface area contributed by atoms with Gasteiger partial charge in [0.1, 0.15) is 13.2 Å². The smallest absolute Gasteiger partial charge is 0.306 e. The molecule has 468 valence electrons. The Kier molecular flexibility index (Phi) is 60.5. The number of carbonyl (C=O) groups is 3. The van der Waals surface area contributed by atoms with Crippen LogP contribution in [-0.4, -0.2) is 82.3 Å². The summed E-state index contributed by atoms with van der Waals surface area (Å²) in [4.78, 5) is 37.5. The topological polar surface area (TPSA) is 111 Å². The third kappa shape index (κ3) is 63.5. The summed E-state index contributed by atoms with van der Waals surface area (Å²) in [6.07, 6.45) is 71.5. The van der Waals surface area contributed by atoms with Crippen molar-refractivity contribution in [3.63, 3.8) is 0 Å². The van der Waals surface area contributed by atoms with Crippen molar-refractivity contribution in [1.29, 1.82) is 0 Å². The number of aliphatic carboxylic acids is 1. The summed E-state index contributed by atoms with van der Waals surface area (Å²) in [5.74, 6) is -2.25. The highest BCUT2D eigenvalue weighted by Gasteiger charge is 2.22. The van der Waals surface area contributed by atoms with E-state index in [4.69, 9.17) is 18.9 Å². The predicted molar refractivity (Wildman–Crippen MR) is 334 cm³/mol. The second-order valence-electron chi connectivity index (χ2n) is 25.2. The molecule has 0 amide bonds. The van der Waals surface area contributed by atoms with E-state index in [1.807, 2.05) is 21.1 Å². The Morgan fingerprint density at radius 2 is 0.646 bits per heavy atom. The van der Waals surface area contributed by atoms with E-state index in [1.165, 1.54) is 295 Å². The Morgan fingerprint density at radius 3 is 0.937 bits per heavy atom. The third-order valence-corrected chi connectivity index (χ3v) is 16.0. The Morgan fingerprint density at radius 1 is 0.367 bits per heavy atom. The highest BCUT2D eigenvalue weighted by atomic mass is 16.7. The minimum Gasteiger partial charge on any atom is -0.545 e. The van der Waals surface area contributed by atoms with Crippen LogP contribution < -0.4 is 5.11 Å². The van der Waals surface area contributed by atoms with Crippen molar-refractivity contribution in [3.05, 3.63) is 12.2 Å². The van der Waals surface area contributed by atoms with Crippen LogP contribution >= 0.6 is 0 Å². The lowest BCUT2D eigenvalue weighted by Gasteiger charge is -2.26. The zero-order chi connectivity index (χ0) is 57.6. The first-order valence-electron chi connectivity index (χ1n) is 34.8. The van der Waals surface area contributed by atoms with Crippen molar-refractivity contribution >= 4 is 17.9 Å². The molecule has 2 atom stereocenters. The van der Waals surface area contributed by atoms with E-state index in [-0.39, 0.29) is 32.2 Å². The largest absolute Gasteiger partial charge is 0.545 e. The van der Waals surface area contributed by atoms with Gasteiger partial charge < -0.3 is 33.3 Å². The molecule has 0 fully saturated rings. The molecule has 0 bridgehead atoms. The van der Waals surface area contributed by atoms with Gasteiger partial charge in [-0.25, -0.2) is 0 Å². The van der Waals surface area contributed by atoms with Gasteiger partial charge in [0.15, 0.2) is 12.4 Å². The summed E-state index contributed by atoms with van der Waals surface area (Å²) in [5.41, 5.74) is 0. The fourth-order valence-electron chi connectivity index (χ4n) is 10.7. The van der Waals surface area contributed by atoms with Gasteiger partial charge in [0.25, 0.3) is 0 Å².